The molecule has 0 aliphatic carbocycles. The van der Waals surface area contributed by atoms with E-state index in [1.165, 1.54) is 0 Å². The maximum Gasteiger partial charge on any atom is 0.353 e. The fraction of sp³-hybridized carbons (Fsp3) is 0.167. The van der Waals surface area contributed by atoms with E-state index in [2.05, 4.69) is 15.3 Å². The van der Waals surface area contributed by atoms with E-state index in [9.17, 15) is 10.1 Å². The van der Waals surface area contributed by atoms with E-state index < -0.39 is 4.92 Å². The van der Waals surface area contributed by atoms with E-state index in [-0.39, 0.29) is 23.3 Å². The Morgan fingerprint density at radius 3 is 2.43 bits per heavy atom. The van der Waals surface area contributed by atoms with Crippen LogP contribution in [-0.2, 0) is 0 Å². The number of nitrogens with one attached hydrogen (secondary N) is 1. The van der Waals surface area contributed by atoms with Gasteiger partial charge in [-0.2, -0.15) is 9.97 Å². The van der Waals surface area contributed by atoms with Crippen molar-refractivity contribution in [1.29, 1.82) is 0 Å². The highest BCUT2D eigenvalue weighted by Gasteiger charge is 2.23. The van der Waals surface area contributed by atoms with Gasteiger partial charge in [0.05, 0.1) is 4.92 Å². The van der Waals surface area contributed by atoms with E-state index in [1.807, 2.05) is 0 Å². The Kier molecular flexibility index (Phi) is 4.08. The molecule has 0 aliphatic rings. The Bertz CT molecular complexity index is 674. The summed E-state index contributed by atoms with van der Waals surface area (Å²) in [6.45, 7) is 0. The number of halogens is 1. The minimum absolute atomic E-state index is 0.0264. The van der Waals surface area contributed by atoms with Gasteiger partial charge in [-0.05, 0) is 24.3 Å². The van der Waals surface area contributed by atoms with Crippen LogP contribution in [0.4, 0.5) is 29.0 Å². The van der Waals surface area contributed by atoms with E-state index in [1.54, 1.807) is 43.3 Å². The highest BCUT2D eigenvalue weighted by atomic mass is 35.5. The lowest BCUT2D eigenvalue weighted by Crippen LogP contribution is -2.16. The van der Waals surface area contributed by atoms with Crippen molar-refractivity contribution in [3.8, 4) is 0 Å². The average molecular weight is 309 g/mol. The molecule has 1 aromatic carbocycles. The summed E-state index contributed by atoms with van der Waals surface area (Å²) >= 11 is 5.80. The number of hydrogen-bond acceptors (Lipinski definition) is 7. The molecule has 1 heterocycles. The molecule has 110 valence electrons. The molecular weight excluding hydrogens is 296 g/mol. The van der Waals surface area contributed by atoms with Crippen molar-refractivity contribution in [2.45, 2.75) is 0 Å². The normalized spacial score (nSPS) is 10.2. The number of rotatable bonds is 4. The molecule has 0 atom stereocenters. The van der Waals surface area contributed by atoms with Crippen LogP contribution in [0, 0.1) is 10.1 Å². The van der Waals surface area contributed by atoms with E-state index >= 15 is 0 Å². The van der Waals surface area contributed by atoms with Gasteiger partial charge in [-0.1, -0.05) is 11.6 Å². The Morgan fingerprint density at radius 2 is 1.90 bits per heavy atom. The van der Waals surface area contributed by atoms with Gasteiger partial charge in [-0.25, -0.2) is 0 Å². The number of anilines is 4. The van der Waals surface area contributed by atoms with Crippen molar-refractivity contribution in [3.63, 3.8) is 0 Å². The molecule has 0 amide bonds. The fourth-order valence-electron chi connectivity index (χ4n) is 1.60. The molecule has 3 N–H and O–H groups in total. The molecule has 0 bridgehead atoms. The molecule has 0 saturated carbocycles. The lowest BCUT2D eigenvalue weighted by atomic mass is 10.3. The molecule has 21 heavy (non-hydrogen) atoms. The number of nitrogens with zero attached hydrogens (tertiary/aromatic N) is 4. The number of nitro groups is 1. The monoisotopic (exact) mass is 308 g/mol. The second-order valence-electron chi connectivity index (χ2n) is 4.39. The molecule has 2 aromatic rings. The Hall–Kier alpha value is -2.61. The van der Waals surface area contributed by atoms with Crippen LogP contribution in [-0.4, -0.2) is 29.0 Å². The van der Waals surface area contributed by atoms with Crippen LogP contribution in [0.2, 0.25) is 5.02 Å². The largest absolute Gasteiger partial charge is 0.378 e. The highest BCUT2D eigenvalue weighted by molar-refractivity contribution is 6.30. The molecule has 1 aromatic heterocycles. The minimum Gasteiger partial charge on any atom is -0.378 e. The third-order valence-corrected chi connectivity index (χ3v) is 2.84. The SMILES string of the molecule is CN(C)c1nc(N)c([N+](=O)[O-])c(Nc2ccc(Cl)cc2)n1. The molecule has 0 fully saturated rings. The summed E-state index contributed by atoms with van der Waals surface area (Å²) in [5.41, 5.74) is 5.90. The number of nitrogens with two attached hydrogens (primary N) is 1. The van der Waals surface area contributed by atoms with Crippen molar-refractivity contribution in [3.05, 3.63) is 39.4 Å². The summed E-state index contributed by atoms with van der Waals surface area (Å²) in [5.74, 6) is 0.100. The Morgan fingerprint density at radius 1 is 1.29 bits per heavy atom. The smallest absolute Gasteiger partial charge is 0.353 e. The van der Waals surface area contributed by atoms with Crippen molar-refractivity contribution in [1.82, 2.24) is 9.97 Å². The summed E-state index contributed by atoms with van der Waals surface area (Å²) < 4.78 is 0. The first-order valence-electron chi connectivity index (χ1n) is 5.90. The molecular formula is C12H13ClN6O2. The van der Waals surface area contributed by atoms with E-state index in [0.717, 1.165) is 0 Å². The second kappa shape index (κ2) is 5.80. The van der Waals surface area contributed by atoms with Gasteiger partial charge in [0.15, 0.2) is 0 Å². The van der Waals surface area contributed by atoms with Gasteiger partial charge in [-0.3, -0.25) is 10.1 Å². The van der Waals surface area contributed by atoms with Gasteiger partial charge in [-0.15, -0.1) is 0 Å². The summed E-state index contributed by atoms with van der Waals surface area (Å²) in [7, 11) is 3.43. The molecule has 8 nitrogen and oxygen atoms in total. The first-order chi connectivity index (χ1) is 9.88. The Labute approximate surface area is 125 Å². The van der Waals surface area contributed by atoms with Crippen molar-refractivity contribution >= 4 is 40.6 Å². The molecule has 2 rings (SSSR count). The molecule has 0 radical (unpaired) electrons. The first-order valence-corrected chi connectivity index (χ1v) is 6.28. The maximum atomic E-state index is 11.1. The van der Waals surface area contributed by atoms with E-state index in [4.69, 9.17) is 17.3 Å². The molecule has 0 aliphatic heterocycles. The zero-order chi connectivity index (χ0) is 15.6. The van der Waals surface area contributed by atoms with Gasteiger partial charge in [0.25, 0.3) is 0 Å². The van der Waals surface area contributed by atoms with Crippen molar-refractivity contribution in [2.75, 3.05) is 30.0 Å². The lowest BCUT2D eigenvalue weighted by molar-refractivity contribution is -0.383. The molecule has 9 heteroatoms. The van der Waals surface area contributed by atoms with Crippen LogP contribution in [0.5, 0.6) is 0 Å². The van der Waals surface area contributed by atoms with Crippen LogP contribution in [0.3, 0.4) is 0 Å². The lowest BCUT2D eigenvalue weighted by Gasteiger charge is -2.13. The maximum absolute atomic E-state index is 11.1. The quantitative estimate of drug-likeness (QED) is 0.659. The number of benzene rings is 1. The fourth-order valence-corrected chi connectivity index (χ4v) is 1.72. The summed E-state index contributed by atoms with van der Waals surface area (Å²) in [6.07, 6.45) is 0. The van der Waals surface area contributed by atoms with Gasteiger partial charge in [0.2, 0.25) is 17.6 Å². The second-order valence-corrected chi connectivity index (χ2v) is 4.83. The number of hydrogen-bond donors (Lipinski definition) is 2. The third-order valence-electron chi connectivity index (χ3n) is 2.59. The van der Waals surface area contributed by atoms with Gasteiger partial charge < -0.3 is 16.0 Å². The average Bonchev–Trinajstić information content (AvgIpc) is 2.40. The number of nitrogen functional groups attached to an aromatic ring is 1. The third kappa shape index (κ3) is 3.29. The predicted molar refractivity (Wildman–Crippen MR) is 82.2 cm³/mol. The van der Waals surface area contributed by atoms with Gasteiger partial charge in [0.1, 0.15) is 0 Å². The van der Waals surface area contributed by atoms with Gasteiger partial charge in [0, 0.05) is 24.8 Å². The van der Waals surface area contributed by atoms with Crippen LogP contribution in [0.1, 0.15) is 0 Å². The van der Waals surface area contributed by atoms with E-state index in [0.29, 0.717) is 10.7 Å². The van der Waals surface area contributed by atoms with Crippen LogP contribution in [0.25, 0.3) is 0 Å². The molecule has 0 saturated heterocycles. The van der Waals surface area contributed by atoms with Crippen molar-refractivity contribution in [2.24, 2.45) is 0 Å². The predicted octanol–water partition coefficient (Wildman–Crippen LogP) is 2.43. The topological polar surface area (TPSA) is 110 Å². The summed E-state index contributed by atoms with van der Waals surface area (Å²) in [4.78, 5) is 20.1. The minimum atomic E-state index is -0.618. The summed E-state index contributed by atoms with van der Waals surface area (Å²) in [6, 6.07) is 6.68. The number of aromatic nitrogens is 2. The standard InChI is InChI=1S/C12H13ClN6O2/c1-18(2)12-16-10(14)9(19(20)21)11(17-12)15-8-5-3-7(13)4-6-8/h3-6H,1-2H3,(H3,14,15,16,17). The molecule has 0 unspecified atom stereocenters. The van der Waals surface area contributed by atoms with Crippen LogP contribution < -0.4 is 16.0 Å². The Balaban J connectivity index is 2.48. The zero-order valence-electron chi connectivity index (χ0n) is 11.4. The van der Waals surface area contributed by atoms with Crippen molar-refractivity contribution < 1.29 is 4.92 Å². The summed E-state index contributed by atoms with van der Waals surface area (Å²) in [5, 5.41) is 14.6. The molecule has 0 spiro atoms. The van der Waals surface area contributed by atoms with Crippen LogP contribution >= 0.6 is 11.6 Å². The zero-order valence-corrected chi connectivity index (χ0v) is 12.1. The van der Waals surface area contributed by atoms with Gasteiger partial charge >= 0.3 is 5.69 Å². The first kappa shape index (κ1) is 14.8. The highest BCUT2D eigenvalue weighted by Crippen LogP contribution is 2.32. The van der Waals surface area contributed by atoms with Crippen LogP contribution in [0.15, 0.2) is 24.3 Å².